The molecule has 1 atom stereocenters. The molecule has 4 heterocycles. The van der Waals surface area contributed by atoms with E-state index >= 15 is 0 Å². The Labute approximate surface area is 437 Å². The summed E-state index contributed by atoms with van der Waals surface area (Å²) in [5.74, 6) is -4.31. The summed E-state index contributed by atoms with van der Waals surface area (Å²) in [4.78, 5) is 70.1. The maximum absolute atomic E-state index is 13.4. The van der Waals surface area contributed by atoms with Crippen molar-refractivity contribution in [1.82, 2.24) is 19.9 Å². The number of carbonyl (C=O) groups excluding carboxylic acids is 4. The van der Waals surface area contributed by atoms with E-state index in [-0.39, 0.29) is 24.1 Å². The summed E-state index contributed by atoms with van der Waals surface area (Å²) in [6.45, 7) is 2.03. The van der Waals surface area contributed by atoms with Crippen molar-refractivity contribution in [2.24, 2.45) is 0 Å². The number of carboxylic acids is 2. The molecule has 4 amide bonds. The lowest BCUT2D eigenvalue weighted by Gasteiger charge is -2.34. The molecule has 0 radical (unpaired) electrons. The minimum atomic E-state index is -5.19. The van der Waals surface area contributed by atoms with Crippen LogP contribution in [0.25, 0.3) is 45.1 Å². The van der Waals surface area contributed by atoms with Gasteiger partial charge in [-0.15, -0.1) is 22.7 Å². The van der Waals surface area contributed by atoms with Gasteiger partial charge in [0.25, 0.3) is 0 Å². The summed E-state index contributed by atoms with van der Waals surface area (Å²) in [6.07, 6.45) is -4.70. The summed E-state index contributed by atoms with van der Waals surface area (Å²) in [7, 11) is 0. The number of imidazole rings is 2. The van der Waals surface area contributed by atoms with Crippen LogP contribution in [0.4, 0.5) is 58.7 Å². The van der Waals surface area contributed by atoms with Crippen LogP contribution in [-0.4, -0.2) is 62.3 Å². The first-order valence-corrected chi connectivity index (χ1v) is 25.0. The van der Waals surface area contributed by atoms with Gasteiger partial charge in [-0.05, 0) is 73.9 Å². The molecule has 394 valence electrons. The highest BCUT2D eigenvalue weighted by molar-refractivity contribution is 7.08. The van der Waals surface area contributed by atoms with Crippen LogP contribution >= 0.6 is 22.7 Å². The molecule has 9 aromatic rings. The molecule has 0 saturated heterocycles. The zero-order chi connectivity index (χ0) is 54.4. The molecule has 16 nitrogen and oxygen atoms in total. The van der Waals surface area contributed by atoms with Crippen molar-refractivity contribution in [2.75, 3.05) is 20.4 Å². The van der Waals surface area contributed by atoms with Gasteiger partial charge in [-0.25, -0.2) is 39.5 Å². The van der Waals surface area contributed by atoms with Crippen LogP contribution in [0.2, 0.25) is 0 Å². The highest BCUT2D eigenvalue weighted by Gasteiger charge is 2.30. The van der Waals surface area contributed by atoms with Crippen molar-refractivity contribution in [3.63, 3.8) is 0 Å². The van der Waals surface area contributed by atoms with Crippen LogP contribution < -0.4 is 40.6 Å². The molecule has 1 aliphatic carbocycles. The average molecular weight is 1090 g/mol. The minimum Gasteiger partial charge on any atom is -0.542 e. The lowest BCUT2D eigenvalue weighted by Crippen LogP contribution is -2.44. The summed E-state index contributed by atoms with van der Waals surface area (Å²) in [6, 6.07) is 41.2. The van der Waals surface area contributed by atoms with E-state index in [2.05, 4.69) is 40.5 Å². The largest absolute Gasteiger partial charge is 0.542 e. The molecule has 24 heteroatoms. The number of aliphatic carboxylic acids is 2. The summed E-state index contributed by atoms with van der Waals surface area (Å²) in [5, 5.41) is 27.7. The Morgan fingerprint density at radius 2 is 1.04 bits per heavy atom. The fourth-order valence-electron chi connectivity index (χ4n) is 7.97. The molecule has 6 N–H and O–H groups in total. The number of aromatic nitrogens is 6. The number of hydrogen-bond acceptors (Lipinski definition) is 10. The van der Waals surface area contributed by atoms with E-state index in [4.69, 9.17) is 19.8 Å². The number of aromatic amines is 4. The third-order valence-electron chi connectivity index (χ3n) is 11.5. The number of thiazole rings is 2. The molecule has 5 aromatic carbocycles. The monoisotopic (exact) mass is 1080 g/mol. The van der Waals surface area contributed by atoms with Crippen LogP contribution in [0.3, 0.4) is 0 Å². The molecule has 0 bridgehead atoms. The van der Waals surface area contributed by atoms with Gasteiger partial charge in [0, 0.05) is 51.7 Å². The molecule has 4 aromatic heterocycles. The van der Waals surface area contributed by atoms with E-state index in [1.807, 2.05) is 155 Å². The van der Waals surface area contributed by atoms with E-state index in [0.717, 1.165) is 80.6 Å². The molecule has 1 aliphatic rings. The topological polar surface area (TPSA) is 231 Å². The maximum atomic E-state index is 13.4. The summed E-state index contributed by atoms with van der Waals surface area (Å²) < 4.78 is 63.1. The van der Waals surface area contributed by atoms with Crippen molar-refractivity contribution < 1.29 is 65.7 Å². The van der Waals surface area contributed by atoms with Gasteiger partial charge in [0.15, 0.2) is 33.5 Å². The number of carbonyl (C=O) groups is 4. The van der Waals surface area contributed by atoms with Crippen molar-refractivity contribution in [3.8, 4) is 23.0 Å². The van der Waals surface area contributed by atoms with Crippen molar-refractivity contribution in [1.29, 1.82) is 0 Å². The van der Waals surface area contributed by atoms with Gasteiger partial charge in [0.2, 0.25) is 0 Å². The predicted octanol–water partition coefficient (Wildman–Crippen LogP) is 9.98. The van der Waals surface area contributed by atoms with Crippen LogP contribution in [-0.2, 0) is 9.59 Å². The van der Waals surface area contributed by atoms with Gasteiger partial charge in [0.05, 0.1) is 17.1 Å². The highest BCUT2D eigenvalue weighted by Crippen LogP contribution is 2.31. The number of amides is 4. The number of carboxylic acid groups (broad SMARTS) is 2. The molecule has 1 unspecified atom stereocenters. The normalized spacial score (nSPS) is 12.9. The average Bonchev–Trinajstić information content (AvgIpc) is 4.27. The number of nitrogens with zero attached hydrogens (tertiary/aromatic N) is 4. The SMILES string of the molecule is CC(c1ccccc1)N(C(=O)Nc1ccc2[nH+]c(-c3cscn3)[nH]c2c1)c1ccccc1.O=C(Nc1ccc2[nH+]c(-c3cscn3)[nH]c2c1)N(c1ccccc1)C1CCCCC1.O=C([O-])C(F)(F)F.O=C([O-])C(F)(F)F. The molecule has 1 saturated carbocycles. The van der Waals surface area contributed by atoms with E-state index < -0.39 is 24.3 Å². The van der Waals surface area contributed by atoms with Gasteiger partial charge < -0.3 is 30.4 Å². The van der Waals surface area contributed by atoms with Crippen molar-refractivity contribution in [2.45, 2.75) is 63.5 Å². The lowest BCUT2D eigenvalue weighted by molar-refractivity contribution is -0.344. The van der Waals surface area contributed by atoms with Crippen LogP contribution in [0.1, 0.15) is 50.6 Å². The highest BCUT2D eigenvalue weighted by atomic mass is 32.1. The Balaban J connectivity index is 0.000000177. The lowest BCUT2D eigenvalue weighted by atomic mass is 9.94. The van der Waals surface area contributed by atoms with Crippen LogP contribution in [0.5, 0.6) is 0 Å². The van der Waals surface area contributed by atoms with Crippen LogP contribution in [0, 0.1) is 0 Å². The standard InChI is InChI=1S/C25H21N5OS.C23H23N5OS.2C2HF3O2/c1-17(18-8-4-2-5-9-18)30(20-10-6-3-7-11-20)25(31)27-19-12-13-21-22(14-19)29-24(28-21)23-15-32-16-26-23;29-23(28(17-7-3-1-4-8-17)18-9-5-2-6-10-18)25-16-11-12-19-20(13-16)27-22(26-19)21-14-30-15-24-21;2*3-2(4,5)1(6)7/h2-17H,1H3,(H,27,31)(H,28,29);1,3-4,7-8,11-15,18H,2,5-6,9-10H2,(H,25,29)(H,26,27);2*(H,6,7). The van der Waals surface area contributed by atoms with Gasteiger partial charge >= 0.3 is 36.1 Å². The molecule has 10 rings (SSSR count). The van der Waals surface area contributed by atoms with Gasteiger partial charge in [0.1, 0.15) is 11.9 Å². The number of halogens is 6. The smallest absolute Gasteiger partial charge is 0.430 e. The Morgan fingerprint density at radius 3 is 1.46 bits per heavy atom. The van der Waals surface area contributed by atoms with E-state index in [9.17, 15) is 35.9 Å². The third-order valence-corrected chi connectivity index (χ3v) is 12.7. The Hall–Kier alpha value is -8.64. The number of benzene rings is 5. The second-order valence-corrected chi connectivity index (χ2v) is 18.2. The van der Waals surface area contributed by atoms with Crippen molar-refractivity contribution >= 4 is 91.5 Å². The van der Waals surface area contributed by atoms with Gasteiger partial charge in [-0.3, -0.25) is 9.80 Å². The fraction of sp³-hybridized carbons (Fsp3) is 0.192. The number of urea groups is 2. The van der Waals surface area contributed by atoms with Gasteiger partial charge in [-0.2, -0.15) is 26.3 Å². The number of alkyl halides is 6. The number of para-hydroxylation sites is 2. The number of nitrogens with one attached hydrogen (secondary N) is 6. The number of fused-ring (bicyclic) bond motifs is 2. The second-order valence-electron chi connectivity index (χ2n) is 16.7. The Kier molecular flexibility index (Phi) is 18.2. The van der Waals surface area contributed by atoms with Crippen molar-refractivity contribution in [3.05, 3.63) is 155 Å². The first kappa shape index (κ1) is 55.1. The first-order chi connectivity index (χ1) is 36.3. The second kappa shape index (κ2) is 25.1. The zero-order valence-corrected chi connectivity index (χ0v) is 41.6. The number of H-pyrrole nitrogens is 4. The molecule has 76 heavy (non-hydrogen) atoms. The molecule has 1 fully saturated rings. The zero-order valence-electron chi connectivity index (χ0n) is 39.9. The molecule has 0 aliphatic heterocycles. The third kappa shape index (κ3) is 14.8. The van der Waals surface area contributed by atoms with E-state index in [1.54, 1.807) is 33.1 Å². The number of hydrogen-bond donors (Lipinski definition) is 4. The fourth-order valence-corrected chi connectivity index (χ4v) is 9.06. The quantitative estimate of drug-likeness (QED) is 0.101. The maximum Gasteiger partial charge on any atom is 0.430 e. The first-order valence-electron chi connectivity index (χ1n) is 23.1. The molecular weight excluding hydrogens is 1040 g/mol. The Morgan fingerprint density at radius 1 is 0.618 bits per heavy atom. The van der Waals surface area contributed by atoms with Crippen LogP contribution in [0.15, 0.2) is 149 Å². The van der Waals surface area contributed by atoms with Gasteiger partial charge in [-0.1, -0.05) is 86.0 Å². The molecule has 0 spiro atoms. The minimum absolute atomic E-state index is 0.0808. The van der Waals surface area contributed by atoms with E-state index in [1.165, 1.54) is 19.3 Å². The van der Waals surface area contributed by atoms with E-state index in [0.29, 0.717) is 5.69 Å². The number of anilines is 4. The predicted molar refractivity (Wildman–Crippen MR) is 272 cm³/mol. The summed E-state index contributed by atoms with van der Waals surface area (Å²) in [5.41, 5.74) is 13.4. The summed E-state index contributed by atoms with van der Waals surface area (Å²) >= 11 is 3.10. The number of rotatable bonds is 9. The molecular formula is C52H46F6N10O6S2. The Bertz CT molecular complexity index is 3300.